The molecule has 0 aliphatic carbocycles. The van der Waals surface area contributed by atoms with Crippen molar-refractivity contribution >= 4 is 11.4 Å². The van der Waals surface area contributed by atoms with Crippen molar-refractivity contribution in [3.63, 3.8) is 0 Å². The summed E-state index contributed by atoms with van der Waals surface area (Å²) in [6.07, 6.45) is 8.86. The second kappa shape index (κ2) is 11.6. The number of Topliss-reactive ketones (excluding diaryl/α,β-unsaturated/α-hetero) is 1. The molecule has 1 aromatic carbocycles. The van der Waals surface area contributed by atoms with Gasteiger partial charge in [-0.2, -0.15) is 5.21 Å². The summed E-state index contributed by atoms with van der Waals surface area (Å²) in [7, 11) is 0. The number of aromatic amines is 1. The number of H-pyrrole nitrogens is 1. The van der Waals surface area contributed by atoms with Crippen LogP contribution in [0.1, 0.15) is 72.4 Å². The molecule has 0 atom stereocenters. The number of aromatic hydroxyl groups is 1. The number of nitrogens with zero attached hydrogens (tertiary/aromatic N) is 5. The Kier molecular flexibility index (Phi) is 8.04. The van der Waals surface area contributed by atoms with Gasteiger partial charge in [0.05, 0.1) is 5.56 Å². The van der Waals surface area contributed by atoms with Gasteiger partial charge in [-0.15, -0.1) is 10.2 Å². The van der Waals surface area contributed by atoms with Crippen LogP contribution >= 0.6 is 0 Å². The minimum Gasteiger partial charge on any atom is -0.507 e. The van der Waals surface area contributed by atoms with E-state index in [1.54, 1.807) is 35.0 Å². The van der Waals surface area contributed by atoms with Crippen LogP contribution in [0.4, 0.5) is 0 Å². The van der Waals surface area contributed by atoms with Gasteiger partial charge in [0.2, 0.25) is 0 Å². The molecule has 36 heavy (non-hydrogen) atoms. The second-order valence-corrected chi connectivity index (χ2v) is 8.74. The lowest BCUT2D eigenvalue weighted by atomic mass is 10.0. The molecule has 0 fully saturated rings. The number of hydrogen-bond donors (Lipinski definition) is 2. The van der Waals surface area contributed by atoms with Crippen molar-refractivity contribution in [2.24, 2.45) is 0 Å². The third-order valence-electron chi connectivity index (χ3n) is 6.12. The molecule has 0 bridgehead atoms. The number of aromatic nitrogens is 6. The zero-order valence-corrected chi connectivity index (χ0v) is 20.5. The number of carbonyl (C=O) groups is 1. The SMILES string of the molecule is CCCc1c(OCc2cccn3c(=O)c(CCCCCc4nn[nH]n4)cnc23)ccc(C(C)=O)c1O. The molecule has 0 saturated carbocycles. The van der Waals surface area contributed by atoms with E-state index in [-0.39, 0.29) is 29.3 Å². The number of phenols is 1. The van der Waals surface area contributed by atoms with E-state index in [9.17, 15) is 14.7 Å². The fraction of sp³-hybridized carbons (Fsp3) is 0.385. The summed E-state index contributed by atoms with van der Waals surface area (Å²) in [6.45, 7) is 3.59. The molecule has 4 rings (SSSR count). The third kappa shape index (κ3) is 5.59. The summed E-state index contributed by atoms with van der Waals surface area (Å²) in [6, 6.07) is 6.95. The van der Waals surface area contributed by atoms with Gasteiger partial charge in [0, 0.05) is 35.5 Å². The standard InChI is InChI=1S/C26H30N6O4/c1-3-8-21-22(13-12-20(17(2)33)24(21)34)36-16-19-10-7-14-32-25(19)27-15-18(26(32)35)9-5-4-6-11-23-28-30-31-29-23/h7,10,12-15,34H,3-6,8-9,11,16H2,1-2H3,(H,28,29,30,31). The van der Waals surface area contributed by atoms with Gasteiger partial charge in [-0.1, -0.05) is 31.0 Å². The number of rotatable bonds is 12. The number of tetrazole rings is 1. The third-order valence-corrected chi connectivity index (χ3v) is 6.12. The number of hydrogen-bond acceptors (Lipinski definition) is 8. The maximum atomic E-state index is 13.1. The lowest BCUT2D eigenvalue weighted by Crippen LogP contribution is -2.20. The number of pyridine rings is 1. The van der Waals surface area contributed by atoms with Crippen molar-refractivity contribution in [1.82, 2.24) is 30.0 Å². The second-order valence-electron chi connectivity index (χ2n) is 8.74. The molecule has 10 nitrogen and oxygen atoms in total. The average molecular weight is 491 g/mol. The number of benzene rings is 1. The van der Waals surface area contributed by atoms with Crippen LogP contribution in [0.5, 0.6) is 11.5 Å². The summed E-state index contributed by atoms with van der Waals surface area (Å²) in [5.74, 6) is 0.984. The van der Waals surface area contributed by atoms with Gasteiger partial charge in [0.15, 0.2) is 11.6 Å². The first kappa shape index (κ1) is 25.0. The smallest absolute Gasteiger partial charge is 0.261 e. The molecular formula is C26H30N6O4. The predicted molar refractivity (Wildman–Crippen MR) is 133 cm³/mol. The molecule has 4 aromatic rings. The van der Waals surface area contributed by atoms with Gasteiger partial charge in [-0.25, -0.2) is 4.98 Å². The summed E-state index contributed by atoms with van der Waals surface area (Å²) in [4.78, 5) is 29.5. The van der Waals surface area contributed by atoms with E-state index in [4.69, 9.17) is 4.74 Å². The van der Waals surface area contributed by atoms with Gasteiger partial charge in [0.1, 0.15) is 23.8 Å². The first-order valence-corrected chi connectivity index (χ1v) is 12.2. The minimum atomic E-state index is -0.197. The number of aryl methyl sites for hydroxylation is 2. The van der Waals surface area contributed by atoms with Crippen molar-refractivity contribution in [3.05, 3.63) is 75.1 Å². The molecular weight excluding hydrogens is 460 g/mol. The summed E-state index contributed by atoms with van der Waals surface area (Å²) < 4.78 is 7.60. The van der Waals surface area contributed by atoms with Crippen LogP contribution in [0, 0.1) is 0 Å². The molecule has 188 valence electrons. The van der Waals surface area contributed by atoms with Crippen LogP contribution in [0.3, 0.4) is 0 Å². The summed E-state index contributed by atoms with van der Waals surface area (Å²) in [5.41, 5.74) is 2.75. The van der Waals surface area contributed by atoms with E-state index < -0.39 is 0 Å². The average Bonchev–Trinajstić information content (AvgIpc) is 3.39. The summed E-state index contributed by atoms with van der Waals surface area (Å²) in [5, 5.41) is 24.5. The molecule has 0 amide bonds. The zero-order chi connectivity index (χ0) is 25.5. The highest BCUT2D eigenvalue weighted by atomic mass is 16.5. The highest BCUT2D eigenvalue weighted by Gasteiger charge is 2.17. The largest absolute Gasteiger partial charge is 0.507 e. The van der Waals surface area contributed by atoms with E-state index in [2.05, 4.69) is 25.6 Å². The molecule has 3 aromatic heterocycles. The number of fused-ring (bicyclic) bond motifs is 1. The van der Waals surface area contributed by atoms with Crippen molar-refractivity contribution < 1.29 is 14.6 Å². The van der Waals surface area contributed by atoms with Gasteiger partial charge in [0.25, 0.3) is 5.56 Å². The fourth-order valence-electron chi connectivity index (χ4n) is 4.24. The van der Waals surface area contributed by atoms with E-state index in [0.29, 0.717) is 41.2 Å². The number of ketones is 1. The zero-order valence-electron chi connectivity index (χ0n) is 20.5. The van der Waals surface area contributed by atoms with E-state index in [1.165, 1.54) is 6.92 Å². The van der Waals surface area contributed by atoms with Gasteiger partial charge in [-0.3, -0.25) is 14.0 Å². The van der Waals surface area contributed by atoms with Crippen molar-refractivity contribution in [1.29, 1.82) is 0 Å². The van der Waals surface area contributed by atoms with Crippen LogP contribution in [0.15, 0.2) is 41.5 Å². The lowest BCUT2D eigenvalue weighted by Gasteiger charge is -2.15. The first-order chi connectivity index (χ1) is 17.5. The van der Waals surface area contributed by atoms with Crippen molar-refractivity contribution in [2.75, 3.05) is 0 Å². The van der Waals surface area contributed by atoms with Crippen LogP contribution in [-0.2, 0) is 25.9 Å². The normalized spacial score (nSPS) is 11.2. The number of nitrogens with one attached hydrogen (secondary N) is 1. The fourth-order valence-corrected chi connectivity index (χ4v) is 4.24. The molecule has 3 heterocycles. The topological polar surface area (TPSA) is 135 Å². The van der Waals surface area contributed by atoms with Crippen LogP contribution in [0.25, 0.3) is 5.65 Å². The minimum absolute atomic E-state index is 0.0314. The number of phenolic OH excluding ortho intramolecular Hbond substituents is 1. The maximum Gasteiger partial charge on any atom is 0.261 e. The Hall–Kier alpha value is -4.08. The Morgan fingerprint density at radius 2 is 1.94 bits per heavy atom. The predicted octanol–water partition coefficient (Wildman–Crippen LogP) is 3.60. The highest BCUT2D eigenvalue weighted by molar-refractivity contribution is 5.97. The molecule has 0 saturated heterocycles. The Balaban J connectivity index is 1.46. The Labute approximate surface area is 208 Å². The monoisotopic (exact) mass is 490 g/mol. The maximum absolute atomic E-state index is 13.1. The van der Waals surface area contributed by atoms with Crippen molar-refractivity contribution in [2.45, 2.75) is 65.4 Å². The van der Waals surface area contributed by atoms with Gasteiger partial charge < -0.3 is 9.84 Å². The van der Waals surface area contributed by atoms with E-state index in [0.717, 1.165) is 37.7 Å². The number of unbranched alkanes of at least 4 members (excludes halogenated alkanes) is 2. The Bertz CT molecular complexity index is 1400. The van der Waals surface area contributed by atoms with E-state index in [1.807, 2.05) is 13.0 Å². The highest BCUT2D eigenvalue weighted by Crippen LogP contribution is 2.33. The van der Waals surface area contributed by atoms with Crippen LogP contribution < -0.4 is 10.3 Å². The Morgan fingerprint density at radius 1 is 1.11 bits per heavy atom. The summed E-state index contributed by atoms with van der Waals surface area (Å²) >= 11 is 0. The molecule has 0 unspecified atom stereocenters. The first-order valence-electron chi connectivity index (χ1n) is 12.2. The number of carbonyl (C=O) groups excluding carboxylic acids is 1. The van der Waals surface area contributed by atoms with Gasteiger partial charge in [-0.05, 0) is 50.8 Å². The van der Waals surface area contributed by atoms with Gasteiger partial charge >= 0.3 is 0 Å². The number of ether oxygens (including phenoxy) is 1. The molecule has 10 heteroatoms. The molecule has 2 N–H and O–H groups in total. The quantitative estimate of drug-likeness (QED) is 0.227. The Morgan fingerprint density at radius 3 is 2.69 bits per heavy atom. The van der Waals surface area contributed by atoms with Crippen LogP contribution in [-0.4, -0.2) is 40.9 Å². The van der Waals surface area contributed by atoms with Crippen molar-refractivity contribution in [3.8, 4) is 11.5 Å². The molecule has 0 aliphatic rings. The molecule has 0 radical (unpaired) electrons. The molecule has 0 aliphatic heterocycles. The van der Waals surface area contributed by atoms with Crippen LogP contribution in [0.2, 0.25) is 0 Å². The van der Waals surface area contributed by atoms with E-state index >= 15 is 0 Å². The molecule has 0 spiro atoms. The lowest BCUT2D eigenvalue weighted by molar-refractivity contribution is 0.101.